The van der Waals surface area contributed by atoms with Crippen LogP contribution < -0.4 is 36.0 Å². The average molecular weight is 884 g/mol. The average Bonchev–Trinajstić information content (AvgIpc) is 4.06. The Bertz CT molecular complexity index is 2690. The van der Waals surface area contributed by atoms with Crippen molar-refractivity contribution in [2.75, 3.05) is 59.8 Å². The van der Waals surface area contributed by atoms with Gasteiger partial charge in [0, 0.05) is 81.8 Å². The van der Waals surface area contributed by atoms with E-state index in [2.05, 4.69) is 55.5 Å². The van der Waals surface area contributed by atoms with Gasteiger partial charge in [-0.2, -0.15) is 10.1 Å². The van der Waals surface area contributed by atoms with Gasteiger partial charge in [-0.3, -0.25) is 29.3 Å². The lowest BCUT2D eigenvalue weighted by Gasteiger charge is -2.47. The third-order valence-electron chi connectivity index (χ3n) is 13.9. The van der Waals surface area contributed by atoms with Gasteiger partial charge in [-0.25, -0.2) is 13.8 Å². The summed E-state index contributed by atoms with van der Waals surface area (Å²) in [6.45, 7) is 8.02. The lowest BCUT2D eigenvalue weighted by Crippen LogP contribution is -2.58. The molecule has 1 saturated carbocycles. The van der Waals surface area contributed by atoms with Crippen LogP contribution in [0.2, 0.25) is 5.02 Å². The van der Waals surface area contributed by atoms with Crippen LogP contribution in [-0.4, -0.2) is 104 Å². The van der Waals surface area contributed by atoms with Gasteiger partial charge < -0.3 is 29.7 Å². The van der Waals surface area contributed by atoms with Crippen molar-refractivity contribution in [3.8, 4) is 5.75 Å². The number of aryl methyl sites for hydroxylation is 2. The van der Waals surface area contributed by atoms with E-state index in [0.717, 1.165) is 67.8 Å². The molecule has 3 N–H and O–H groups in total. The fourth-order valence-corrected chi connectivity index (χ4v) is 10.5. The number of nitrogens with zero attached hydrogens (tertiary/aromatic N) is 8. The maximum atomic E-state index is 15.2. The van der Waals surface area contributed by atoms with Gasteiger partial charge in [0.05, 0.1) is 46.3 Å². The Morgan fingerprint density at radius 2 is 1.73 bits per heavy atom. The van der Waals surface area contributed by atoms with Crippen LogP contribution in [0.15, 0.2) is 47.4 Å². The SMILES string of the molecule is C[C@H]1CN(c2cccc3c(C4CCC(=O)NC4=O)nn(C)c23)C[C@H](C)N1CC1CCN(c2ncc(Cl)c(Nc3ccc4c(c3)c3c(c(=O)n4C)OCC(F)(F)C(C4CC4)N3)n2)CC1. The molecule has 3 aromatic heterocycles. The molecular formula is C45H52ClF2N11O4. The van der Waals surface area contributed by atoms with Crippen molar-refractivity contribution in [3.05, 3.63) is 63.7 Å². The Morgan fingerprint density at radius 1 is 0.968 bits per heavy atom. The molecule has 3 saturated heterocycles. The standard InChI is InChI=1S/C45H52ClF2N11O4/c1-24-20-58(34-7-5-6-29-36(54-56(4)38(29)34)30-11-13-35(60)51-42(30)61)21-25(2)59(24)22-26-14-16-57(17-15-26)44-49-19-32(46)41(53-44)50-28-10-12-33-31(18-28)37-39(43(62)55(33)3)63-23-45(47,48)40(52-37)27-8-9-27/h5-7,10,12,18-19,24-27,30,40,52H,8-9,11,13-17,20-23H2,1-4H3,(H,49,50,53)(H,51,60,61)/t24-,25-,30?,40?/m0/s1. The van der Waals surface area contributed by atoms with Gasteiger partial charge in [-0.15, -0.1) is 0 Å². The number of nitrogens with one attached hydrogen (secondary N) is 3. The van der Waals surface area contributed by atoms with Crippen LogP contribution in [-0.2, 0) is 23.7 Å². The number of anilines is 5. The van der Waals surface area contributed by atoms with Gasteiger partial charge in [0.25, 0.3) is 5.56 Å². The van der Waals surface area contributed by atoms with E-state index in [1.807, 2.05) is 36.0 Å². The van der Waals surface area contributed by atoms with Crippen molar-refractivity contribution in [2.45, 2.75) is 82.3 Å². The van der Waals surface area contributed by atoms with Crippen molar-refractivity contribution in [1.82, 2.24) is 34.5 Å². The molecule has 2 amide bonds. The first kappa shape index (κ1) is 41.5. The minimum atomic E-state index is -3.13. The Balaban J connectivity index is 0.799. The number of benzene rings is 2. The number of para-hydroxylation sites is 1. The van der Waals surface area contributed by atoms with Crippen molar-refractivity contribution in [1.29, 1.82) is 0 Å². The first-order valence-corrected chi connectivity index (χ1v) is 22.4. The predicted octanol–water partition coefficient (Wildman–Crippen LogP) is 6.17. The highest BCUT2D eigenvalue weighted by molar-refractivity contribution is 6.33. The highest BCUT2D eigenvalue weighted by Gasteiger charge is 2.51. The van der Waals surface area contributed by atoms with Crippen LogP contribution in [0.5, 0.6) is 5.75 Å². The number of carbonyl (C=O) groups is 2. The fraction of sp³-hybridized carbons (Fsp3) is 0.511. The minimum absolute atomic E-state index is 0.107. The minimum Gasteiger partial charge on any atom is -0.480 e. The van der Waals surface area contributed by atoms with Crippen LogP contribution >= 0.6 is 11.6 Å². The topological polar surface area (TPSA) is 155 Å². The normalized spacial score (nSPS) is 24.5. The van der Waals surface area contributed by atoms with Crippen molar-refractivity contribution >= 4 is 74.0 Å². The number of pyridine rings is 1. The number of fused-ring (bicyclic) bond motifs is 4. The summed E-state index contributed by atoms with van der Waals surface area (Å²) in [7, 11) is 3.54. The molecule has 5 aromatic rings. The van der Waals surface area contributed by atoms with Gasteiger partial charge in [0.1, 0.15) is 5.02 Å². The van der Waals surface area contributed by atoms with Crippen LogP contribution in [0.3, 0.4) is 0 Å². The molecule has 63 heavy (non-hydrogen) atoms. The van der Waals surface area contributed by atoms with E-state index < -0.39 is 30.0 Å². The second kappa shape index (κ2) is 15.9. The summed E-state index contributed by atoms with van der Waals surface area (Å²) >= 11 is 6.66. The monoisotopic (exact) mass is 883 g/mol. The van der Waals surface area contributed by atoms with E-state index in [-0.39, 0.29) is 29.2 Å². The number of rotatable bonds is 8. The predicted molar refractivity (Wildman–Crippen MR) is 239 cm³/mol. The number of alkyl halides is 2. The van der Waals surface area contributed by atoms with Crippen molar-refractivity contribution in [2.24, 2.45) is 25.9 Å². The maximum Gasteiger partial charge on any atom is 0.301 e. The molecule has 10 rings (SSSR count). The lowest BCUT2D eigenvalue weighted by atomic mass is 9.92. The maximum absolute atomic E-state index is 15.2. The first-order valence-electron chi connectivity index (χ1n) is 22.0. The van der Waals surface area contributed by atoms with Gasteiger partial charge in [0.2, 0.25) is 23.5 Å². The molecule has 0 spiro atoms. The Morgan fingerprint density at radius 3 is 2.46 bits per heavy atom. The van der Waals surface area contributed by atoms with E-state index >= 15 is 8.78 Å². The Labute approximate surface area is 368 Å². The molecule has 18 heteroatoms. The molecule has 15 nitrogen and oxygen atoms in total. The highest BCUT2D eigenvalue weighted by Crippen LogP contribution is 2.46. The van der Waals surface area contributed by atoms with E-state index in [0.29, 0.717) is 77.1 Å². The van der Waals surface area contributed by atoms with E-state index in [9.17, 15) is 14.4 Å². The highest BCUT2D eigenvalue weighted by atomic mass is 35.5. The molecule has 1 aliphatic carbocycles. The Kier molecular flexibility index (Phi) is 10.5. The molecule has 4 aliphatic heterocycles. The Hall–Kier alpha value is -5.55. The second-order valence-corrected chi connectivity index (χ2v) is 18.6. The first-order chi connectivity index (χ1) is 30.2. The summed E-state index contributed by atoms with van der Waals surface area (Å²) in [5, 5.41) is 15.5. The van der Waals surface area contributed by atoms with E-state index in [4.69, 9.17) is 26.4 Å². The van der Waals surface area contributed by atoms with Crippen LogP contribution in [0.4, 0.5) is 37.6 Å². The van der Waals surface area contributed by atoms with Gasteiger partial charge >= 0.3 is 5.92 Å². The van der Waals surface area contributed by atoms with Gasteiger partial charge in [-0.1, -0.05) is 23.7 Å². The summed E-state index contributed by atoms with van der Waals surface area (Å²) in [6.07, 6.45) is 5.73. The molecule has 2 aromatic carbocycles. The number of amides is 2. The summed E-state index contributed by atoms with van der Waals surface area (Å²) in [5.41, 5.74) is 3.83. The second-order valence-electron chi connectivity index (χ2n) is 18.2. The van der Waals surface area contributed by atoms with Crippen LogP contribution in [0.25, 0.3) is 21.8 Å². The third-order valence-corrected chi connectivity index (χ3v) is 14.1. The van der Waals surface area contributed by atoms with E-state index in [1.54, 1.807) is 19.3 Å². The van der Waals surface area contributed by atoms with Gasteiger partial charge in [-0.05, 0) is 82.1 Å². The molecule has 0 bridgehead atoms. The van der Waals surface area contributed by atoms with Crippen LogP contribution in [0, 0.1) is 11.8 Å². The van der Waals surface area contributed by atoms with Crippen molar-refractivity contribution < 1.29 is 23.1 Å². The van der Waals surface area contributed by atoms with Crippen molar-refractivity contribution in [3.63, 3.8) is 0 Å². The summed E-state index contributed by atoms with van der Waals surface area (Å²) in [5.74, 6) is -2.90. The zero-order valence-corrected chi connectivity index (χ0v) is 36.6. The van der Waals surface area contributed by atoms with Crippen LogP contribution in [0.1, 0.15) is 64.0 Å². The number of ether oxygens (including phenoxy) is 1. The summed E-state index contributed by atoms with van der Waals surface area (Å²) < 4.78 is 39.2. The molecule has 4 atom stereocenters. The molecule has 332 valence electrons. The van der Waals surface area contributed by atoms with Gasteiger partial charge in [0.15, 0.2) is 12.4 Å². The van der Waals surface area contributed by atoms with E-state index in [1.165, 1.54) is 4.57 Å². The number of carbonyl (C=O) groups excluding carboxylic acids is 2. The molecule has 2 unspecified atom stereocenters. The zero-order chi connectivity index (χ0) is 43.9. The number of imide groups is 1. The molecule has 4 fully saturated rings. The molecule has 7 heterocycles. The number of halogens is 3. The fourth-order valence-electron chi connectivity index (χ4n) is 10.4. The third kappa shape index (κ3) is 7.59. The number of aromatic nitrogens is 5. The largest absolute Gasteiger partial charge is 0.480 e. The quantitative estimate of drug-likeness (QED) is 0.153. The number of hydrogen-bond donors (Lipinski definition) is 3. The number of piperazine rings is 1. The summed E-state index contributed by atoms with van der Waals surface area (Å²) in [6, 6.07) is 11.1. The molecule has 5 aliphatic rings. The zero-order valence-electron chi connectivity index (χ0n) is 35.8. The summed E-state index contributed by atoms with van der Waals surface area (Å²) in [4.78, 5) is 54.6. The number of piperidine rings is 2. The molecular weight excluding hydrogens is 832 g/mol. The smallest absolute Gasteiger partial charge is 0.301 e. The lowest BCUT2D eigenvalue weighted by molar-refractivity contribution is -0.134. The number of hydrogen-bond acceptors (Lipinski definition) is 12. The molecule has 0 radical (unpaired) electrons.